The number of hydrazine groups is 2. The second-order valence-corrected chi connectivity index (χ2v) is 2.48. The summed E-state index contributed by atoms with van der Waals surface area (Å²) >= 11 is 0. The van der Waals surface area contributed by atoms with Gasteiger partial charge in [-0.1, -0.05) is 12.2 Å². The number of hydroxylamine groups is 2. The minimum Gasteiger partial charge on any atom is -0.743 e. The molecule has 6 heteroatoms. The number of allylic oxidation sites excluding steroid dienone is 4. The van der Waals surface area contributed by atoms with Gasteiger partial charge >= 0.3 is 0 Å². The van der Waals surface area contributed by atoms with Crippen LogP contribution in [0.25, 0.3) is 0 Å². The van der Waals surface area contributed by atoms with Crippen molar-refractivity contribution in [3.8, 4) is 0 Å². The molecule has 72 valence electrons. The SMILES string of the molecule is NN([O-])C1=CCC=C(N(N)[O-])C=C1. The van der Waals surface area contributed by atoms with E-state index in [1.165, 1.54) is 12.2 Å². The van der Waals surface area contributed by atoms with Gasteiger partial charge in [-0.15, -0.1) is 0 Å². The molecule has 0 aromatic carbocycles. The Morgan fingerprint density at radius 1 is 1.00 bits per heavy atom. The molecule has 0 amide bonds. The summed E-state index contributed by atoms with van der Waals surface area (Å²) in [6.07, 6.45) is 6.51. The standard InChI is InChI=1S/C7H10N4O2/c8-10(12)6-2-1-3-7(5-4-6)11(9)13/h2-5H,1,8-9H2/q-2. The van der Waals surface area contributed by atoms with Gasteiger partial charge in [-0.2, -0.15) is 0 Å². The Balaban J connectivity index is 2.75. The van der Waals surface area contributed by atoms with E-state index in [2.05, 4.69) is 0 Å². The van der Waals surface area contributed by atoms with E-state index in [0.29, 0.717) is 17.8 Å². The highest BCUT2D eigenvalue weighted by Gasteiger charge is 1.97. The van der Waals surface area contributed by atoms with E-state index < -0.39 is 0 Å². The largest absolute Gasteiger partial charge is 0.743 e. The molecule has 4 N–H and O–H groups in total. The van der Waals surface area contributed by atoms with Crippen molar-refractivity contribution < 1.29 is 0 Å². The quantitative estimate of drug-likeness (QED) is 0.462. The van der Waals surface area contributed by atoms with E-state index in [-0.39, 0.29) is 10.3 Å². The molecule has 0 heterocycles. The normalized spacial score (nSPS) is 16.0. The van der Waals surface area contributed by atoms with Gasteiger partial charge in [0.25, 0.3) is 0 Å². The zero-order chi connectivity index (χ0) is 9.84. The maximum absolute atomic E-state index is 10.7. The van der Waals surface area contributed by atoms with Crippen molar-refractivity contribution in [3.05, 3.63) is 46.1 Å². The zero-order valence-electron chi connectivity index (χ0n) is 6.88. The molecular weight excluding hydrogens is 172 g/mol. The van der Waals surface area contributed by atoms with Gasteiger partial charge in [-0.3, -0.25) is 11.7 Å². The summed E-state index contributed by atoms with van der Waals surface area (Å²) < 4.78 is 0. The maximum atomic E-state index is 10.7. The van der Waals surface area contributed by atoms with E-state index in [1.54, 1.807) is 12.2 Å². The Labute approximate surface area is 75.5 Å². The Kier molecular flexibility index (Phi) is 3.04. The Morgan fingerprint density at radius 2 is 1.38 bits per heavy atom. The van der Waals surface area contributed by atoms with Crippen molar-refractivity contribution in [3.63, 3.8) is 0 Å². The lowest BCUT2D eigenvalue weighted by Gasteiger charge is -2.25. The van der Waals surface area contributed by atoms with E-state index >= 15 is 0 Å². The lowest BCUT2D eigenvalue weighted by Crippen LogP contribution is -2.22. The van der Waals surface area contributed by atoms with Crippen molar-refractivity contribution in [1.82, 2.24) is 10.3 Å². The second-order valence-electron chi connectivity index (χ2n) is 2.48. The summed E-state index contributed by atoms with van der Waals surface area (Å²) in [5.41, 5.74) is 0.598. The molecule has 6 nitrogen and oxygen atoms in total. The molecule has 0 spiro atoms. The van der Waals surface area contributed by atoms with E-state index in [9.17, 15) is 10.4 Å². The Morgan fingerprint density at radius 3 is 1.69 bits per heavy atom. The first kappa shape index (κ1) is 9.75. The van der Waals surface area contributed by atoms with Gasteiger partial charge in [0, 0.05) is 11.4 Å². The third-order valence-electron chi connectivity index (χ3n) is 1.59. The molecule has 0 saturated carbocycles. The van der Waals surface area contributed by atoms with Crippen LogP contribution in [-0.4, -0.2) is 10.3 Å². The summed E-state index contributed by atoms with van der Waals surface area (Å²) in [7, 11) is 0. The first-order valence-corrected chi connectivity index (χ1v) is 3.63. The molecule has 0 aromatic heterocycles. The van der Waals surface area contributed by atoms with Gasteiger partial charge in [0.2, 0.25) is 0 Å². The third kappa shape index (κ3) is 2.56. The molecule has 0 radical (unpaired) electrons. The minimum atomic E-state index is 0.235. The van der Waals surface area contributed by atoms with Crippen molar-refractivity contribution in [2.24, 2.45) is 11.7 Å². The average Bonchev–Trinajstić information content (AvgIpc) is 2.27. The Hall–Kier alpha value is -1.34. The lowest BCUT2D eigenvalue weighted by atomic mass is 10.3. The number of nitrogens with zero attached hydrogens (tertiary/aromatic N) is 2. The number of hydrogen-bond acceptors (Lipinski definition) is 6. The summed E-state index contributed by atoms with van der Waals surface area (Å²) in [6.45, 7) is 0. The molecule has 0 aromatic rings. The number of rotatable bonds is 2. The Bertz CT molecular complexity index is 242. The third-order valence-corrected chi connectivity index (χ3v) is 1.59. The first-order chi connectivity index (χ1) is 6.11. The monoisotopic (exact) mass is 182 g/mol. The molecule has 0 unspecified atom stereocenters. The van der Waals surface area contributed by atoms with Crippen LogP contribution in [0.4, 0.5) is 0 Å². The molecule has 0 fully saturated rings. The predicted octanol–water partition coefficient (Wildman–Crippen LogP) is 0.0611. The zero-order valence-corrected chi connectivity index (χ0v) is 6.88. The summed E-state index contributed by atoms with van der Waals surface area (Å²) in [6, 6.07) is 0. The van der Waals surface area contributed by atoms with Crippen LogP contribution in [0.5, 0.6) is 0 Å². The lowest BCUT2D eigenvalue weighted by molar-refractivity contribution is 0.506. The minimum absolute atomic E-state index is 0.235. The van der Waals surface area contributed by atoms with Gasteiger partial charge in [-0.25, -0.2) is 0 Å². The van der Waals surface area contributed by atoms with Crippen LogP contribution in [0.2, 0.25) is 0 Å². The van der Waals surface area contributed by atoms with Gasteiger partial charge in [0.05, 0.1) is 0 Å². The average molecular weight is 182 g/mol. The molecule has 1 rings (SSSR count). The number of nitrogens with two attached hydrogens (primary N) is 2. The van der Waals surface area contributed by atoms with Gasteiger partial charge in [0.1, 0.15) is 0 Å². The topological polar surface area (TPSA) is 105 Å². The summed E-state index contributed by atoms with van der Waals surface area (Å²) in [5, 5.41) is 21.8. The summed E-state index contributed by atoms with van der Waals surface area (Å²) in [5.74, 6) is 9.94. The maximum Gasteiger partial charge on any atom is 0.0366 e. The smallest absolute Gasteiger partial charge is 0.0366 e. The van der Waals surface area contributed by atoms with Crippen LogP contribution in [0.3, 0.4) is 0 Å². The van der Waals surface area contributed by atoms with Crippen LogP contribution >= 0.6 is 0 Å². The molecular formula is C7H10N4O2-2. The van der Waals surface area contributed by atoms with E-state index in [1.807, 2.05) is 0 Å². The van der Waals surface area contributed by atoms with E-state index in [0.717, 1.165) is 0 Å². The highest BCUT2D eigenvalue weighted by molar-refractivity contribution is 5.30. The van der Waals surface area contributed by atoms with Crippen LogP contribution < -0.4 is 11.7 Å². The highest BCUT2D eigenvalue weighted by atomic mass is 16.5. The van der Waals surface area contributed by atoms with Gasteiger partial charge < -0.3 is 20.8 Å². The van der Waals surface area contributed by atoms with Crippen LogP contribution in [0.15, 0.2) is 35.7 Å². The molecule has 0 bridgehead atoms. The van der Waals surface area contributed by atoms with Gasteiger partial charge in [0.15, 0.2) is 0 Å². The molecule has 0 saturated heterocycles. The fourth-order valence-corrected chi connectivity index (χ4v) is 0.934. The van der Waals surface area contributed by atoms with Crippen LogP contribution in [0.1, 0.15) is 6.42 Å². The van der Waals surface area contributed by atoms with Gasteiger partial charge in [-0.05, 0) is 18.6 Å². The molecule has 1 aliphatic carbocycles. The fourth-order valence-electron chi connectivity index (χ4n) is 0.934. The van der Waals surface area contributed by atoms with Crippen LogP contribution in [0, 0.1) is 10.4 Å². The highest BCUT2D eigenvalue weighted by Crippen LogP contribution is 2.12. The molecule has 0 atom stereocenters. The van der Waals surface area contributed by atoms with Crippen molar-refractivity contribution in [1.29, 1.82) is 0 Å². The second kappa shape index (κ2) is 4.06. The number of hydrogen-bond donors (Lipinski definition) is 2. The first-order valence-electron chi connectivity index (χ1n) is 3.63. The molecule has 1 aliphatic rings. The van der Waals surface area contributed by atoms with Crippen molar-refractivity contribution >= 4 is 0 Å². The van der Waals surface area contributed by atoms with Crippen molar-refractivity contribution in [2.45, 2.75) is 6.42 Å². The van der Waals surface area contributed by atoms with Crippen LogP contribution in [-0.2, 0) is 0 Å². The summed E-state index contributed by atoms with van der Waals surface area (Å²) in [4.78, 5) is 0. The van der Waals surface area contributed by atoms with E-state index in [4.69, 9.17) is 11.7 Å². The molecule has 0 aliphatic heterocycles. The van der Waals surface area contributed by atoms with Crippen molar-refractivity contribution in [2.75, 3.05) is 0 Å². The predicted molar refractivity (Wildman–Crippen MR) is 48.7 cm³/mol. The fraction of sp³-hybridized carbons (Fsp3) is 0.143. The molecule has 13 heavy (non-hydrogen) atoms.